The predicted octanol–water partition coefficient (Wildman–Crippen LogP) is -0.0701. The summed E-state index contributed by atoms with van der Waals surface area (Å²) in [6.45, 7) is 0. The molecule has 3 heteroatoms. The summed E-state index contributed by atoms with van der Waals surface area (Å²) < 4.78 is 0. The molecular formula is C3H5BNO. The number of nitrogens with zero attached hydrogens (tertiary/aromatic N) is 1. The van der Waals surface area contributed by atoms with Gasteiger partial charge in [-0.15, -0.1) is 0 Å². The smallest absolute Gasteiger partial charge is 0.288 e. The third-order valence-corrected chi connectivity index (χ3v) is 0.385. The van der Waals surface area contributed by atoms with Gasteiger partial charge in [0.15, 0.2) is 0 Å². The third-order valence-electron chi connectivity index (χ3n) is 0.385. The zero-order valence-corrected chi connectivity index (χ0v) is 3.39. The molecule has 0 rings (SSSR count). The summed E-state index contributed by atoms with van der Waals surface area (Å²) in [5.74, 6) is 0. The van der Waals surface area contributed by atoms with E-state index in [2.05, 4.69) is 0 Å². The molecule has 0 aliphatic heterocycles. The lowest BCUT2D eigenvalue weighted by Gasteiger charge is -1.73. The van der Waals surface area contributed by atoms with Crippen molar-refractivity contribution >= 4 is 7.48 Å². The molecule has 0 aromatic heterocycles. The van der Waals surface area contributed by atoms with E-state index in [1.807, 2.05) is 6.07 Å². The fraction of sp³-hybridized carbons (Fsp3) is 0.667. The maximum absolute atomic E-state index is 7.92. The van der Waals surface area contributed by atoms with E-state index in [9.17, 15) is 0 Å². The lowest BCUT2D eigenvalue weighted by molar-refractivity contribution is 0.600. The van der Waals surface area contributed by atoms with E-state index in [4.69, 9.17) is 10.3 Å². The van der Waals surface area contributed by atoms with Crippen LogP contribution in [0.4, 0.5) is 0 Å². The first-order valence-electron chi connectivity index (χ1n) is 1.74. The third kappa shape index (κ3) is 3.51. The molecule has 0 aliphatic rings. The van der Waals surface area contributed by atoms with E-state index < -0.39 is 0 Å². The minimum absolute atomic E-state index is 0.413. The highest BCUT2D eigenvalue weighted by atomic mass is 16.2. The van der Waals surface area contributed by atoms with Gasteiger partial charge in [0.05, 0.1) is 6.07 Å². The van der Waals surface area contributed by atoms with Gasteiger partial charge in [0.25, 0.3) is 7.48 Å². The van der Waals surface area contributed by atoms with Crippen molar-refractivity contribution < 1.29 is 5.02 Å². The van der Waals surface area contributed by atoms with Crippen LogP contribution in [-0.4, -0.2) is 12.5 Å². The molecule has 0 saturated heterocycles. The van der Waals surface area contributed by atoms with Gasteiger partial charge in [-0.1, -0.05) is 0 Å². The molecule has 2 nitrogen and oxygen atoms in total. The highest BCUT2D eigenvalue weighted by molar-refractivity contribution is 6.25. The number of hydrogen-bond donors (Lipinski definition) is 1. The van der Waals surface area contributed by atoms with Crippen molar-refractivity contribution in [1.29, 1.82) is 5.26 Å². The molecule has 0 aromatic carbocycles. The summed E-state index contributed by atoms with van der Waals surface area (Å²) in [5.41, 5.74) is 0. The van der Waals surface area contributed by atoms with Gasteiger partial charge < -0.3 is 5.02 Å². The Morgan fingerprint density at radius 2 is 2.50 bits per heavy atom. The van der Waals surface area contributed by atoms with Crippen LogP contribution in [0.1, 0.15) is 6.42 Å². The van der Waals surface area contributed by atoms with Gasteiger partial charge in [0, 0.05) is 6.42 Å². The van der Waals surface area contributed by atoms with Crippen molar-refractivity contribution in [2.45, 2.75) is 12.7 Å². The monoisotopic (exact) mass is 82.0 g/mol. The molecule has 0 unspecified atom stereocenters. The average Bonchev–Trinajstić information content (AvgIpc) is 1.61. The summed E-state index contributed by atoms with van der Waals surface area (Å²) in [5, 5.41) is 15.7. The molecule has 1 N–H and O–H groups in total. The molecule has 0 fully saturated rings. The molecule has 0 aromatic rings. The minimum atomic E-state index is 0.413. The Kier molecular flexibility index (Phi) is 4.15. The van der Waals surface area contributed by atoms with E-state index in [1.54, 1.807) is 0 Å². The number of rotatable bonds is 2. The van der Waals surface area contributed by atoms with Crippen molar-refractivity contribution in [3.05, 3.63) is 0 Å². The van der Waals surface area contributed by atoms with Crippen molar-refractivity contribution in [2.24, 2.45) is 0 Å². The Morgan fingerprint density at radius 1 is 1.83 bits per heavy atom. The molecule has 0 spiro atoms. The molecule has 31 valence electrons. The number of hydrogen-bond acceptors (Lipinski definition) is 2. The van der Waals surface area contributed by atoms with E-state index in [1.165, 1.54) is 0 Å². The van der Waals surface area contributed by atoms with Crippen LogP contribution in [0, 0.1) is 11.3 Å². The van der Waals surface area contributed by atoms with E-state index in [0.29, 0.717) is 12.7 Å². The maximum Gasteiger partial charge on any atom is 0.288 e. The summed E-state index contributed by atoms with van der Waals surface area (Å²) in [7, 11) is 0.989. The Morgan fingerprint density at radius 3 is 2.67 bits per heavy atom. The highest BCUT2D eigenvalue weighted by Crippen LogP contribution is 1.79. The minimum Gasteiger partial charge on any atom is -0.454 e. The van der Waals surface area contributed by atoms with Crippen molar-refractivity contribution in [3.8, 4) is 6.07 Å². The lowest BCUT2D eigenvalue weighted by atomic mass is 9.95. The van der Waals surface area contributed by atoms with Crippen LogP contribution < -0.4 is 0 Å². The predicted molar refractivity (Wildman–Crippen MR) is 23.0 cm³/mol. The second-order valence-electron chi connectivity index (χ2n) is 0.879. The van der Waals surface area contributed by atoms with Crippen molar-refractivity contribution in [3.63, 3.8) is 0 Å². The summed E-state index contributed by atoms with van der Waals surface area (Å²) in [6, 6.07) is 1.88. The van der Waals surface area contributed by atoms with Crippen LogP contribution in [-0.2, 0) is 0 Å². The SMILES string of the molecule is N#CCC[B]O. The molecule has 0 atom stereocenters. The van der Waals surface area contributed by atoms with Gasteiger partial charge in [-0.25, -0.2) is 0 Å². The van der Waals surface area contributed by atoms with Gasteiger partial charge >= 0.3 is 0 Å². The van der Waals surface area contributed by atoms with Gasteiger partial charge in [-0.05, 0) is 6.32 Å². The topological polar surface area (TPSA) is 44.0 Å². The fourth-order valence-corrected chi connectivity index (χ4v) is 0.129. The first-order chi connectivity index (χ1) is 2.91. The Bertz CT molecular complexity index is 58.3. The molecule has 0 amide bonds. The first-order valence-corrected chi connectivity index (χ1v) is 1.74. The first kappa shape index (κ1) is 5.51. The van der Waals surface area contributed by atoms with Crippen LogP contribution in [0.15, 0.2) is 0 Å². The Hall–Kier alpha value is -0.485. The molecular weight excluding hydrogens is 76.9 g/mol. The van der Waals surface area contributed by atoms with Gasteiger partial charge in [-0.2, -0.15) is 5.26 Å². The normalized spacial score (nSPS) is 6.67. The molecule has 0 heterocycles. The zero-order chi connectivity index (χ0) is 4.83. The molecule has 1 radical (unpaired) electrons. The van der Waals surface area contributed by atoms with Gasteiger partial charge in [-0.3, -0.25) is 0 Å². The van der Waals surface area contributed by atoms with Crippen LogP contribution in [0.25, 0.3) is 0 Å². The second-order valence-corrected chi connectivity index (χ2v) is 0.879. The molecule has 0 aliphatic carbocycles. The Balaban J connectivity index is 2.54. The maximum atomic E-state index is 7.92. The summed E-state index contributed by atoms with van der Waals surface area (Å²) in [4.78, 5) is 0. The summed E-state index contributed by atoms with van der Waals surface area (Å²) >= 11 is 0. The molecule has 0 bridgehead atoms. The fourth-order valence-electron chi connectivity index (χ4n) is 0.129. The molecule has 0 saturated carbocycles. The van der Waals surface area contributed by atoms with E-state index in [-0.39, 0.29) is 0 Å². The largest absolute Gasteiger partial charge is 0.454 e. The Labute approximate surface area is 37.7 Å². The summed E-state index contributed by atoms with van der Waals surface area (Å²) in [6.07, 6.45) is 0.896. The second kappa shape index (κ2) is 4.51. The molecule has 6 heavy (non-hydrogen) atoms. The van der Waals surface area contributed by atoms with Gasteiger partial charge in [0.2, 0.25) is 0 Å². The van der Waals surface area contributed by atoms with Crippen molar-refractivity contribution in [2.75, 3.05) is 0 Å². The highest BCUT2D eigenvalue weighted by Gasteiger charge is 1.80. The van der Waals surface area contributed by atoms with Crippen LogP contribution in [0.5, 0.6) is 0 Å². The van der Waals surface area contributed by atoms with E-state index in [0.717, 1.165) is 7.48 Å². The number of nitriles is 1. The zero-order valence-electron chi connectivity index (χ0n) is 3.39. The lowest BCUT2D eigenvalue weighted by Crippen LogP contribution is -1.81. The van der Waals surface area contributed by atoms with Crippen molar-refractivity contribution in [1.82, 2.24) is 0 Å². The van der Waals surface area contributed by atoms with Crippen LogP contribution in [0.3, 0.4) is 0 Å². The van der Waals surface area contributed by atoms with Crippen LogP contribution in [0.2, 0.25) is 6.32 Å². The van der Waals surface area contributed by atoms with Crippen LogP contribution >= 0.6 is 0 Å². The average molecular weight is 81.9 g/mol. The quantitative estimate of drug-likeness (QED) is 0.374. The van der Waals surface area contributed by atoms with E-state index >= 15 is 0 Å². The standard InChI is InChI=1S/C3H5BNO/c5-3-1-2-4-6/h6H,1-2H2. The van der Waals surface area contributed by atoms with Gasteiger partial charge in [0.1, 0.15) is 0 Å².